The van der Waals surface area contributed by atoms with Crippen LogP contribution in [-0.2, 0) is 26.1 Å². The number of carboxylic acids is 2. The average Bonchev–Trinajstić information content (AvgIpc) is 1.36. The quantitative estimate of drug-likeness (QED) is 0.301. The van der Waals surface area contributed by atoms with E-state index in [1.165, 1.54) is 0 Å². The topological polar surface area (TPSA) is 117 Å². The smallest absolute Gasteiger partial charge is 0.543 e. The van der Waals surface area contributed by atoms with E-state index >= 15 is 0 Å². The first-order valence-corrected chi connectivity index (χ1v) is 1.07. The summed E-state index contributed by atoms with van der Waals surface area (Å²) in [6.07, 6.45) is 0. The molecule has 0 unspecified atom stereocenters. The molecule has 0 heterocycles. The molecule has 0 aromatic carbocycles. The van der Waals surface area contributed by atoms with Gasteiger partial charge in [0.2, 0.25) is 0 Å². The van der Waals surface area contributed by atoms with Gasteiger partial charge in [-0.3, -0.25) is 0 Å². The van der Waals surface area contributed by atoms with Crippen molar-refractivity contribution in [2.75, 3.05) is 0 Å². The summed E-state index contributed by atoms with van der Waals surface area (Å²) in [5.74, 6) is -4.37. The third-order valence-electron chi connectivity index (χ3n) is 0.167. The normalized spacial score (nSPS) is 5.50. The van der Waals surface area contributed by atoms with Gasteiger partial charge in [0.25, 0.3) is 0 Å². The zero-order valence-electron chi connectivity index (χ0n) is 3.95. The number of carbonyl (C=O) groups is 2. The Hall–Kier alpha value is -0.606. The van der Waals surface area contributed by atoms with Gasteiger partial charge in [-0.2, -0.15) is 0 Å². The van der Waals surface area contributed by atoms with Crippen LogP contribution in [-0.4, -0.2) is 11.9 Å². The van der Waals surface area contributed by atoms with Crippen molar-refractivity contribution in [3.8, 4) is 0 Å². The second kappa shape index (κ2) is 6.39. The van der Waals surface area contributed by atoms with E-state index in [0.29, 0.717) is 0 Å². The van der Waals surface area contributed by atoms with Gasteiger partial charge in [-0.05, 0) is 0 Å². The van der Waals surface area contributed by atoms with Gasteiger partial charge in [0, 0.05) is 0 Å². The van der Waals surface area contributed by atoms with Gasteiger partial charge in [-0.15, -0.1) is 0 Å². The van der Waals surface area contributed by atoms with Crippen molar-refractivity contribution in [1.82, 2.24) is 6.15 Å². The van der Waals surface area contributed by atoms with Crippen LogP contribution in [0.5, 0.6) is 0 Å². The fourth-order valence-electron chi connectivity index (χ4n) is 0. The third-order valence-corrected chi connectivity index (χ3v) is 0.167. The Morgan fingerprint density at radius 3 is 1.12 bits per heavy atom. The Kier molecular flexibility index (Phi) is 12.5. The number of carbonyl (C=O) groups excluding carboxylic acids is 2. The maximum absolute atomic E-state index is 8.93. The Morgan fingerprint density at radius 1 is 1.00 bits per heavy atom. The molecule has 0 atom stereocenters. The Bertz CT molecular complexity index is 80.0. The maximum Gasteiger partial charge on any atom is 1.00 e. The first kappa shape index (κ1) is 15.7. The molecule has 0 fully saturated rings. The minimum Gasteiger partial charge on any atom is -0.543 e. The van der Waals surface area contributed by atoms with Crippen LogP contribution < -0.4 is 16.4 Å². The molecule has 0 saturated heterocycles. The Labute approximate surface area is 55.2 Å². The van der Waals surface area contributed by atoms with Crippen molar-refractivity contribution in [3.63, 3.8) is 0 Å². The van der Waals surface area contributed by atoms with Gasteiger partial charge in [0.1, 0.15) is 0 Å². The molecule has 0 aliphatic carbocycles. The van der Waals surface area contributed by atoms with E-state index in [1.54, 1.807) is 0 Å². The van der Waals surface area contributed by atoms with E-state index in [4.69, 9.17) is 19.8 Å². The minimum atomic E-state index is -2.19. The molecule has 0 rings (SSSR count). The van der Waals surface area contributed by atoms with Crippen molar-refractivity contribution >= 4 is 11.9 Å². The van der Waals surface area contributed by atoms with Crippen LogP contribution >= 0.6 is 0 Å². The Balaban J connectivity index is -0.000000125. The molecule has 4 N–H and O–H groups in total. The van der Waals surface area contributed by atoms with Crippen LogP contribution in [0.1, 0.15) is 0 Å². The van der Waals surface area contributed by atoms with Crippen molar-refractivity contribution in [2.24, 2.45) is 0 Å². The molecule has 0 aliphatic rings. The van der Waals surface area contributed by atoms with Crippen molar-refractivity contribution in [2.45, 2.75) is 0 Å². The number of rotatable bonds is 0. The van der Waals surface area contributed by atoms with E-state index in [-0.39, 0.29) is 22.6 Å². The predicted molar refractivity (Wildman–Crippen MR) is 16.0 cm³/mol. The predicted octanol–water partition coefficient (Wildman–Crippen LogP) is -3.14. The average molecular weight is 165 g/mol. The van der Waals surface area contributed by atoms with Crippen LogP contribution in [0.2, 0.25) is 0 Å². The van der Waals surface area contributed by atoms with Crippen LogP contribution in [0.25, 0.3) is 0 Å². The van der Waals surface area contributed by atoms with Gasteiger partial charge < -0.3 is 26.0 Å². The molecular formula is C2H4NNiO4. The molecule has 0 saturated carbocycles. The molecule has 0 aliphatic heterocycles. The van der Waals surface area contributed by atoms with Gasteiger partial charge in [0.05, 0.1) is 11.9 Å². The molecule has 0 aromatic heterocycles. The van der Waals surface area contributed by atoms with E-state index in [9.17, 15) is 0 Å². The Morgan fingerprint density at radius 2 is 1.12 bits per heavy atom. The molecule has 6 heteroatoms. The summed E-state index contributed by atoms with van der Waals surface area (Å²) < 4.78 is 0. The first-order chi connectivity index (χ1) is 2.64. The van der Waals surface area contributed by atoms with Gasteiger partial charge >= 0.3 is 16.5 Å². The largest absolute Gasteiger partial charge is 1.00 e. The van der Waals surface area contributed by atoms with Gasteiger partial charge in [-0.25, -0.2) is 0 Å². The van der Waals surface area contributed by atoms with Gasteiger partial charge in [0.15, 0.2) is 0 Å². The van der Waals surface area contributed by atoms with Gasteiger partial charge in [-0.1, -0.05) is 0 Å². The first-order valence-electron chi connectivity index (χ1n) is 1.07. The summed E-state index contributed by atoms with van der Waals surface area (Å²) >= 11 is 0. The number of hydrogen-bond donors (Lipinski definition) is 1. The van der Waals surface area contributed by atoms with Crippen LogP contribution in [0.4, 0.5) is 0 Å². The number of aliphatic carboxylic acids is 2. The molecule has 8 heavy (non-hydrogen) atoms. The molecule has 0 amide bonds. The van der Waals surface area contributed by atoms with Crippen molar-refractivity contribution in [3.05, 3.63) is 0 Å². The molecule has 1 radical (unpaired) electrons. The minimum absolute atomic E-state index is 0. The summed E-state index contributed by atoms with van der Waals surface area (Å²) in [6, 6.07) is 0. The van der Waals surface area contributed by atoms with E-state index in [0.717, 1.165) is 0 Å². The zero-order chi connectivity index (χ0) is 5.15. The summed E-state index contributed by atoms with van der Waals surface area (Å²) in [5, 5.41) is 17.9. The molecular weight excluding hydrogens is 161 g/mol. The SMILES string of the molecule is O=C([O-])C(=O)[O-].[NH4+].[Ni+]. The summed E-state index contributed by atoms with van der Waals surface area (Å²) in [7, 11) is 0. The maximum atomic E-state index is 8.93. The summed E-state index contributed by atoms with van der Waals surface area (Å²) in [5.41, 5.74) is 0. The summed E-state index contributed by atoms with van der Waals surface area (Å²) in [4.78, 5) is 17.9. The molecule has 0 spiro atoms. The van der Waals surface area contributed by atoms with Crippen molar-refractivity contribution in [1.29, 1.82) is 0 Å². The van der Waals surface area contributed by atoms with E-state index in [2.05, 4.69) is 0 Å². The summed E-state index contributed by atoms with van der Waals surface area (Å²) in [6.45, 7) is 0. The number of hydrogen-bond acceptors (Lipinski definition) is 4. The van der Waals surface area contributed by atoms with E-state index in [1.807, 2.05) is 0 Å². The third kappa shape index (κ3) is 9.04. The molecule has 51 valence electrons. The number of quaternary nitrogens is 1. The van der Waals surface area contributed by atoms with Crippen LogP contribution in [0, 0.1) is 0 Å². The second-order valence-corrected chi connectivity index (χ2v) is 0.575. The fourth-order valence-corrected chi connectivity index (χ4v) is 0. The second-order valence-electron chi connectivity index (χ2n) is 0.575. The molecule has 0 aromatic rings. The fraction of sp³-hybridized carbons (Fsp3) is 0. The number of carboxylic acid groups (broad SMARTS) is 2. The molecule has 5 nitrogen and oxygen atoms in total. The standard InChI is InChI=1S/C2H2O4.H3N.Ni/c3-1(4)2(5)6;;/h(H,3,4)(H,5,6);1H3;/q;;+1/p-1. The van der Waals surface area contributed by atoms with Crippen LogP contribution in [0.15, 0.2) is 0 Å². The molecule has 0 bridgehead atoms. The monoisotopic (exact) mass is 164 g/mol. The van der Waals surface area contributed by atoms with Crippen molar-refractivity contribution < 1.29 is 36.3 Å². The zero-order valence-corrected chi connectivity index (χ0v) is 4.94. The van der Waals surface area contributed by atoms with Crippen LogP contribution in [0.3, 0.4) is 0 Å². The van der Waals surface area contributed by atoms with E-state index < -0.39 is 11.9 Å².